The molecule has 0 aromatic heterocycles. The van der Waals surface area contributed by atoms with E-state index in [1.165, 1.54) is 0 Å². The molecule has 0 aliphatic heterocycles. The van der Waals surface area contributed by atoms with Crippen LogP contribution in [0, 0.1) is 0 Å². The van der Waals surface area contributed by atoms with Crippen molar-refractivity contribution in [1.29, 1.82) is 0 Å². The summed E-state index contributed by atoms with van der Waals surface area (Å²) < 4.78 is 0. The molecule has 2 amide bonds. The number of benzene rings is 1. The van der Waals surface area contributed by atoms with Gasteiger partial charge in [-0.3, -0.25) is 9.59 Å². The molecular weight excluding hydrogens is 180 g/mol. The highest BCUT2D eigenvalue weighted by molar-refractivity contribution is 6.02. The first-order valence-corrected chi connectivity index (χ1v) is 4.33. The second-order valence-corrected chi connectivity index (χ2v) is 2.81. The standard InChI is InChI=1S/C10H12N2O2/c1-2-9(13)12-8-6-4-3-5-7(8)10(11)14/h3-6H,2H2,1H3,(H2,11,14)(H,12,13). The number of anilines is 1. The van der Waals surface area contributed by atoms with Crippen molar-refractivity contribution in [3.8, 4) is 0 Å². The molecule has 0 atom stereocenters. The van der Waals surface area contributed by atoms with Crippen molar-refractivity contribution in [3.63, 3.8) is 0 Å². The van der Waals surface area contributed by atoms with Gasteiger partial charge in [0.25, 0.3) is 5.91 Å². The van der Waals surface area contributed by atoms with E-state index < -0.39 is 5.91 Å². The van der Waals surface area contributed by atoms with Crippen LogP contribution in [0.3, 0.4) is 0 Å². The molecule has 0 unspecified atom stereocenters. The average molecular weight is 192 g/mol. The van der Waals surface area contributed by atoms with E-state index in [0.29, 0.717) is 17.7 Å². The van der Waals surface area contributed by atoms with Gasteiger partial charge < -0.3 is 11.1 Å². The van der Waals surface area contributed by atoms with Crippen LogP contribution in [0.25, 0.3) is 0 Å². The lowest BCUT2D eigenvalue weighted by molar-refractivity contribution is -0.115. The Balaban J connectivity index is 2.95. The van der Waals surface area contributed by atoms with E-state index in [4.69, 9.17) is 5.73 Å². The van der Waals surface area contributed by atoms with Gasteiger partial charge >= 0.3 is 0 Å². The Morgan fingerprint density at radius 3 is 2.57 bits per heavy atom. The van der Waals surface area contributed by atoms with Crippen LogP contribution < -0.4 is 11.1 Å². The lowest BCUT2D eigenvalue weighted by atomic mass is 10.1. The van der Waals surface area contributed by atoms with E-state index in [1.54, 1.807) is 31.2 Å². The lowest BCUT2D eigenvalue weighted by Gasteiger charge is -2.06. The number of nitrogens with two attached hydrogens (primary N) is 1. The van der Waals surface area contributed by atoms with E-state index in [9.17, 15) is 9.59 Å². The number of carbonyl (C=O) groups excluding carboxylic acids is 2. The molecule has 1 aromatic rings. The fourth-order valence-corrected chi connectivity index (χ4v) is 1.05. The van der Waals surface area contributed by atoms with Gasteiger partial charge in [-0.15, -0.1) is 0 Å². The number of para-hydroxylation sites is 1. The highest BCUT2D eigenvalue weighted by Crippen LogP contribution is 2.14. The summed E-state index contributed by atoms with van der Waals surface area (Å²) >= 11 is 0. The topological polar surface area (TPSA) is 72.2 Å². The van der Waals surface area contributed by atoms with Gasteiger partial charge in [-0.25, -0.2) is 0 Å². The van der Waals surface area contributed by atoms with Crippen molar-refractivity contribution < 1.29 is 9.59 Å². The van der Waals surface area contributed by atoms with Gasteiger partial charge in [0, 0.05) is 6.42 Å². The lowest BCUT2D eigenvalue weighted by Crippen LogP contribution is -2.17. The van der Waals surface area contributed by atoms with Crippen LogP contribution in [-0.4, -0.2) is 11.8 Å². The predicted octanol–water partition coefficient (Wildman–Crippen LogP) is 1.13. The minimum atomic E-state index is -0.544. The second kappa shape index (κ2) is 4.41. The quantitative estimate of drug-likeness (QED) is 0.753. The summed E-state index contributed by atoms with van der Waals surface area (Å²) in [6, 6.07) is 6.65. The van der Waals surface area contributed by atoms with Crippen LogP contribution in [0.2, 0.25) is 0 Å². The Labute approximate surface area is 82.1 Å². The Morgan fingerprint density at radius 2 is 2.00 bits per heavy atom. The van der Waals surface area contributed by atoms with E-state index in [0.717, 1.165) is 0 Å². The first-order chi connectivity index (χ1) is 6.65. The van der Waals surface area contributed by atoms with Crippen LogP contribution in [0.5, 0.6) is 0 Å². The number of nitrogens with one attached hydrogen (secondary N) is 1. The number of carbonyl (C=O) groups is 2. The maximum absolute atomic E-state index is 11.1. The molecule has 0 saturated heterocycles. The average Bonchev–Trinajstić information content (AvgIpc) is 2.18. The van der Waals surface area contributed by atoms with Gasteiger partial charge in [0.05, 0.1) is 11.3 Å². The molecule has 0 heterocycles. The molecule has 4 nitrogen and oxygen atoms in total. The third-order valence-corrected chi connectivity index (χ3v) is 1.79. The number of hydrogen-bond acceptors (Lipinski definition) is 2. The predicted molar refractivity (Wildman–Crippen MR) is 53.9 cm³/mol. The summed E-state index contributed by atoms with van der Waals surface area (Å²) in [5.41, 5.74) is 5.93. The van der Waals surface area contributed by atoms with Crippen LogP contribution >= 0.6 is 0 Å². The third kappa shape index (κ3) is 2.32. The molecule has 1 rings (SSSR count). The Kier molecular flexibility index (Phi) is 3.23. The number of hydrogen-bond donors (Lipinski definition) is 2. The zero-order valence-corrected chi connectivity index (χ0v) is 7.91. The van der Waals surface area contributed by atoms with Crippen LogP contribution in [0.15, 0.2) is 24.3 Å². The van der Waals surface area contributed by atoms with Gasteiger partial charge in [0.2, 0.25) is 5.91 Å². The van der Waals surface area contributed by atoms with Crippen molar-refractivity contribution in [1.82, 2.24) is 0 Å². The van der Waals surface area contributed by atoms with Gasteiger partial charge in [-0.2, -0.15) is 0 Å². The maximum atomic E-state index is 11.1. The SMILES string of the molecule is CCC(=O)Nc1ccccc1C(N)=O. The largest absolute Gasteiger partial charge is 0.366 e. The van der Waals surface area contributed by atoms with Crippen molar-refractivity contribution in [2.75, 3.05) is 5.32 Å². The summed E-state index contributed by atoms with van der Waals surface area (Å²) in [7, 11) is 0. The summed E-state index contributed by atoms with van der Waals surface area (Å²) in [6.45, 7) is 1.74. The van der Waals surface area contributed by atoms with Gasteiger partial charge in [-0.05, 0) is 12.1 Å². The molecule has 0 spiro atoms. The number of primary amides is 1. The monoisotopic (exact) mass is 192 g/mol. The minimum Gasteiger partial charge on any atom is -0.366 e. The molecule has 0 fully saturated rings. The molecule has 14 heavy (non-hydrogen) atoms. The summed E-state index contributed by atoms with van der Waals surface area (Å²) in [5, 5.41) is 2.60. The molecule has 0 bridgehead atoms. The highest BCUT2D eigenvalue weighted by Gasteiger charge is 2.08. The van der Waals surface area contributed by atoms with Crippen molar-refractivity contribution in [3.05, 3.63) is 29.8 Å². The summed E-state index contributed by atoms with van der Waals surface area (Å²) in [5.74, 6) is -0.685. The van der Waals surface area contributed by atoms with E-state index >= 15 is 0 Å². The fraction of sp³-hybridized carbons (Fsp3) is 0.200. The molecule has 0 saturated carbocycles. The van der Waals surface area contributed by atoms with Crippen LogP contribution in [-0.2, 0) is 4.79 Å². The number of rotatable bonds is 3. The normalized spacial score (nSPS) is 9.50. The first kappa shape index (κ1) is 10.2. The van der Waals surface area contributed by atoms with Gasteiger partial charge in [-0.1, -0.05) is 19.1 Å². The Hall–Kier alpha value is -1.84. The molecule has 4 heteroatoms. The molecule has 74 valence electrons. The second-order valence-electron chi connectivity index (χ2n) is 2.81. The summed E-state index contributed by atoms with van der Waals surface area (Å²) in [4.78, 5) is 22.1. The van der Waals surface area contributed by atoms with Crippen molar-refractivity contribution in [2.45, 2.75) is 13.3 Å². The maximum Gasteiger partial charge on any atom is 0.250 e. The molecule has 0 aliphatic carbocycles. The minimum absolute atomic E-state index is 0.140. The van der Waals surface area contributed by atoms with Crippen LogP contribution in [0.4, 0.5) is 5.69 Å². The molecule has 1 aromatic carbocycles. The van der Waals surface area contributed by atoms with Crippen molar-refractivity contribution >= 4 is 17.5 Å². The van der Waals surface area contributed by atoms with Crippen LogP contribution in [0.1, 0.15) is 23.7 Å². The molecule has 3 N–H and O–H groups in total. The fourth-order valence-electron chi connectivity index (χ4n) is 1.05. The first-order valence-electron chi connectivity index (χ1n) is 4.33. The number of amides is 2. The van der Waals surface area contributed by atoms with Gasteiger partial charge in [0.1, 0.15) is 0 Å². The Bertz CT molecular complexity index is 361. The molecule has 0 aliphatic rings. The molecule has 0 radical (unpaired) electrons. The highest BCUT2D eigenvalue weighted by atomic mass is 16.2. The van der Waals surface area contributed by atoms with Gasteiger partial charge in [0.15, 0.2) is 0 Å². The van der Waals surface area contributed by atoms with E-state index in [1.807, 2.05) is 0 Å². The van der Waals surface area contributed by atoms with Crippen molar-refractivity contribution in [2.24, 2.45) is 5.73 Å². The third-order valence-electron chi connectivity index (χ3n) is 1.79. The smallest absolute Gasteiger partial charge is 0.250 e. The summed E-state index contributed by atoms with van der Waals surface area (Å²) in [6.07, 6.45) is 0.368. The Morgan fingerprint density at radius 1 is 1.36 bits per heavy atom. The zero-order valence-electron chi connectivity index (χ0n) is 7.91. The van der Waals surface area contributed by atoms with E-state index in [2.05, 4.69) is 5.32 Å². The molecular formula is C10H12N2O2. The zero-order chi connectivity index (χ0) is 10.6. The van der Waals surface area contributed by atoms with E-state index in [-0.39, 0.29) is 5.91 Å².